The maximum Gasteiger partial charge on any atom is 0.143 e. The van der Waals surface area contributed by atoms with Crippen LogP contribution in [0.5, 0.6) is 0 Å². The topological polar surface area (TPSA) is 57.5 Å². The van der Waals surface area contributed by atoms with Gasteiger partial charge in [-0.15, -0.1) is 0 Å². The highest BCUT2D eigenvalue weighted by molar-refractivity contribution is 5.83. The van der Waals surface area contributed by atoms with Crippen molar-refractivity contribution in [1.82, 2.24) is 0 Å². The molecule has 0 bridgehead atoms. The van der Waals surface area contributed by atoms with Gasteiger partial charge in [-0.2, -0.15) is 0 Å². The highest BCUT2D eigenvalue weighted by atomic mass is 16.3. The van der Waals surface area contributed by atoms with Crippen LogP contribution < -0.4 is 0 Å². The second kappa shape index (κ2) is 33.1. The molecule has 0 aromatic carbocycles. The van der Waals surface area contributed by atoms with Crippen LogP contribution in [-0.4, -0.2) is 29.2 Å². The van der Waals surface area contributed by atoms with Crippen LogP contribution in [0, 0.1) is 11.8 Å². The highest BCUT2D eigenvalue weighted by Crippen LogP contribution is 2.21. The van der Waals surface area contributed by atoms with E-state index in [0.29, 0.717) is 0 Å². The molecule has 2 atom stereocenters. The number of ketones is 1. The molecule has 0 aromatic rings. The van der Waals surface area contributed by atoms with Gasteiger partial charge in [-0.05, 0) is 12.8 Å². The van der Waals surface area contributed by atoms with Gasteiger partial charge in [0.2, 0.25) is 0 Å². The first-order chi connectivity index (χ1) is 19.7. The molecule has 2 N–H and O–H groups in total. The van der Waals surface area contributed by atoms with Crippen molar-refractivity contribution >= 4 is 5.78 Å². The van der Waals surface area contributed by atoms with Gasteiger partial charge in [-0.1, -0.05) is 194 Å². The number of hydrogen-bond acceptors (Lipinski definition) is 3. The van der Waals surface area contributed by atoms with Gasteiger partial charge >= 0.3 is 0 Å². The Labute approximate surface area is 252 Å². The summed E-state index contributed by atoms with van der Waals surface area (Å²) >= 11 is 0. The average molecular weight is 567 g/mol. The zero-order valence-electron chi connectivity index (χ0n) is 27.6. The summed E-state index contributed by atoms with van der Waals surface area (Å²) in [4.78, 5) is 12.9. The fourth-order valence-electron chi connectivity index (χ4n) is 6.15. The predicted molar refractivity (Wildman–Crippen MR) is 176 cm³/mol. The molecule has 0 saturated heterocycles. The number of carbonyl (C=O) groups is 1. The van der Waals surface area contributed by atoms with Gasteiger partial charge < -0.3 is 10.2 Å². The molecule has 0 rings (SSSR count). The van der Waals surface area contributed by atoms with Crippen LogP contribution in [-0.2, 0) is 4.79 Å². The quantitative estimate of drug-likeness (QED) is 0.0761. The second-order valence-electron chi connectivity index (χ2n) is 12.9. The third kappa shape index (κ3) is 26.5. The zero-order chi connectivity index (χ0) is 29.4. The van der Waals surface area contributed by atoms with Crippen molar-refractivity contribution in [3.05, 3.63) is 0 Å². The van der Waals surface area contributed by atoms with Crippen molar-refractivity contribution in [3.8, 4) is 0 Å². The number of unbranched alkanes of at least 4 members (excludes halogenated alkanes) is 26. The van der Waals surface area contributed by atoms with E-state index in [1.54, 1.807) is 0 Å². The first-order valence-corrected chi connectivity index (χ1v) is 18.5. The summed E-state index contributed by atoms with van der Waals surface area (Å²) in [6.45, 7) is 4.43. The molecular formula is C37H74O3. The third-order valence-electron chi connectivity index (χ3n) is 9.06. The van der Waals surface area contributed by atoms with Crippen LogP contribution in [0.4, 0.5) is 0 Å². The second-order valence-corrected chi connectivity index (χ2v) is 12.9. The van der Waals surface area contributed by atoms with Gasteiger partial charge in [0.15, 0.2) is 0 Å². The molecule has 0 aliphatic heterocycles. The Morgan fingerprint density at radius 2 is 0.575 bits per heavy atom. The summed E-state index contributed by atoms with van der Waals surface area (Å²) in [5, 5.41) is 19.7. The fraction of sp³-hybridized carbons (Fsp3) is 0.973. The van der Waals surface area contributed by atoms with Crippen LogP contribution in [0.3, 0.4) is 0 Å². The first kappa shape index (κ1) is 39.6. The molecule has 2 unspecified atom stereocenters. The Morgan fingerprint density at radius 1 is 0.375 bits per heavy atom. The van der Waals surface area contributed by atoms with E-state index in [9.17, 15) is 15.0 Å². The van der Waals surface area contributed by atoms with Crippen LogP contribution in [0.15, 0.2) is 0 Å². The van der Waals surface area contributed by atoms with E-state index in [0.717, 1.165) is 38.5 Å². The molecule has 0 aliphatic carbocycles. The first-order valence-electron chi connectivity index (χ1n) is 18.5. The van der Waals surface area contributed by atoms with Gasteiger partial charge in [-0.25, -0.2) is 0 Å². The summed E-state index contributed by atoms with van der Waals surface area (Å²) < 4.78 is 0. The highest BCUT2D eigenvalue weighted by Gasteiger charge is 2.25. The van der Waals surface area contributed by atoms with Crippen molar-refractivity contribution in [3.63, 3.8) is 0 Å². The Kier molecular flexibility index (Phi) is 32.8. The largest absolute Gasteiger partial charge is 0.396 e. The minimum absolute atomic E-state index is 0.0630. The molecule has 0 saturated carbocycles. The Balaban J connectivity index is 3.67. The molecule has 0 amide bonds. The van der Waals surface area contributed by atoms with E-state index in [1.165, 1.54) is 154 Å². The van der Waals surface area contributed by atoms with Gasteiger partial charge in [0.05, 0.1) is 13.2 Å². The van der Waals surface area contributed by atoms with E-state index in [4.69, 9.17) is 0 Å². The minimum Gasteiger partial charge on any atom is -0.396 e. The number of aliphatic hydroxyl groups is 2. The maximum absolute atomic E-state index is 12.9. The normalized spacial score (nSPS) is 13.1. The average Bonchev–Trinajstić information content (AvgIpc) is 2.97. The molecule has 240 valence electrons. The molecule has 0 radical (unpaired) electrons. The number of hydrogen-bond donors (Lipinski definition) is 2. The number of carbonyl (C=O) groups excluding carboxylic acids is 1. The predicted octanol–water partition coefficient (Wildman–Crippen LogP) is 11.5. The number of aliphatic hydroxyl groups excluding tert-OH is 2. The molecule has 3 nitrogen and oxygen atoms in total. The summed E-state index contributed by atoms with van der Waals surface area (Å²) in [6, 6.07) is 0. The van der Waals surface area contributed by atoms with Crippen molar-refractivity contribution in [1.29, 1.82) is 0 Å². The molecule has 40 heavy (non-hydrogen) atoms. The molecule has 3 heteroatoms. The summed E-state index contributed by atoms with van der Waals surface area (Å²) in [5.41, 5.74) is 0. The monoisotopic (exact) mass is 567 g/mol. The van der Waals surface area contributed by atoms with Gasteiger partial charge in [0.1, 0.15) is 5.78 Å². The summed E-state index contributed by atoms with van der Waals surface area (Å²) in [6.07, 6.45) is 38.8. The lowest BCUT2D eigenvalue weighted by Gasteiger charge is -2.19. The minimum atomic E-state index is -0.277. The van der Waals surface area contributed by atoms with Gasteiger partial charge in [-0.3, -0.25) is 4.79 Å². The van der Waals surface area contributed by atoms with Crippen molar-refractivity contribution < 1.29 is 15.0 Å². The molecule has 0 fully saturated rings. The van der Waals surface area contributed by atoms with Gasteiger partial charge in [0, 0.05) is 11.8 Å². The smallest absolute Gasteiger partial charge is 0.143 e. The zero-order valence-corrected chi connectivity index (χ0v) is 27.6. The van der Waals surface area contributed by atoms with E-state index >= 15 is 0 Å². The van der Waals surface area contributed by atoms with E-state index in [2.05, 4.69) is 13.8 Å². The molecule has 0 aliphatic rings. The van der Waals surface area contributed by atoms with Crippen LogP contribution in [0.1, 0.15) is 206 Å². The number of rotatable bonds is 34. The van der Waals surface area contributed by atoms with Crippen molar-refractivity contribution in [2.75, 3.05) is 13.2 Å². The van der Waals surface area contributed by atoms with E-state index in [-0.39, 0.29) is 30.8 Å². The molecular weight excluding hydrogens is 492 g/mol. The Bertz CT molecular complexity index is 450. The maximum atomic E-state index is 12.9. The van der Waals surface area contributed by atoms with Crippen molar-refractivity contribution in [2.24, 2.45) is 11.8 Å². The summed E-state index contributed by atoms with van der Waals surface area (Å²) in [5.74, 6) is -0.448. The lowest BCUT2D eigenvalue weighted by molar-refractivity contribution is -0.129. The number of Topliss-reactive ketones (excluding diaryl/α,β-unsaturated/α-hetero) is 1. The van der Waals surface area contributed by atoms with E-state index in [1.807, 2.05) is 0 Å². The Hall–Kier alpha value is -0.410. The summed E-state index contributed by atoms with van der Waals surface area (Å²) in [7, 11) is 0. The SMILES string of the molecule is CCCCCCCCCCCCCCCCC(CO)C(=O)C(CO)CCCCCCCCCCCCCCCC. The van der Waals surface area contributed by atoms with Crippen molar-refractivity contribution in [2.45, 2.75) is 206 Å². The van der Waals surface area contributed by atoms with Gasteiger partial charge in [0.25, 0.3) is 0 Å². The van der Waals surface area contributed by atoms with Crippen LogP contribution >= 0.6 is 0 Å². The Morgan fingerprint density at radius 3 is 0.775 bits per heavy atom. The van der Waals surface area contributed by atoms with E-state index < -0.39 is 0 Å². The standard InChI is InChI=1S/C37H74O3/c1-3-5-7-9-11-13-15-17-19-21-23-25-27-29-31-35(33-38)37(40)36(34-39)32-30-28-26-24-22-20-18-16-14-12-10-8-6-4-2/h35-36,38-39H,3-34H2,1-2H3. The third-order valence-corrected chi connectivity index (χ3v) is 9.06. The lowest BCUT2D eigenvalue weighted by atomic mass is 9.86. The molecule has 0 spiro atoms. The van der Waals surface area contributed by atoms with Crippen LogP contribution in [0.25, 0.3) is 0 Å². The van der Waals surface area contributed by atoms with Crippen LogP contribution in [0.2, 0.25) is 0 Å². The lowest BCUT2D eigenvalue weighted by Crippen LogP contribution is -2.28. The molecule has 0 aromatic heterocycles. The fourth-order valence-corrected chi connectivity index (χ4v) is 6.15. The molecule has 0 heterocycles.